The van der Waals surface area contributed by atoms with Gasteiger partial charge in [0.1, 0.15) is 5.82 Å². The van der Waals surface area contributed by atoms with Crippen molar-refractivity contribution in [2.45, 2.75) is 45.1 Å². The molecule has 1 saturated carbocycles. The van der Waals surface area contributed by atoms with Crippen LogP contribution in [0.3, 0.4) is 0 Å². The Morgan fingerprint density at radius 1 is 1.03 bits per heavy atom. The van der Waals surface area contributed by atoms with Gasteiger partial charge in [0.25, 0.3) is 5.91 Å². The molecule has 4 aromatic rings. The van der Waals surface area contributed by atoms with Gasteiger partial charge < -0.3 is 5.32 Å². The summed E-state index contributed by atoms with van der Waals surface area (Å²) in [6.07, 6.45) is 1.55. The van der Waals surface area contributed by atoms with Crippen molar-refractivity contribution in [3.8, 4) is 16.8 Å². The average Bonchev–Trinajstić information content (AvgIpc) is 3.43. The second kappa shape index (κ2) is 8.48. The fraction of sp³-hybridized carbons (Fsp3) is 0.259. The number of amides is 1. The molecule has 3 aromatic carbocycles. The lowest BCUT2D eigenvalue weighted by Crippen LogP contribution is -2.35. The number of nitrogens with one attached hydrogen (secondary N) is 1. The Hall–Kier alpha value is -3.87. The van der Waals surface area contributed by atoms with Crippen LogP contribution < -0.4 is 5.32 Å². The van der Waals surface area contributed by atoms with Crippen molar-refractivity contribution < 1.29 is 9.18 Å². The molecular formula is C27H26FN5O. The normalized spacial score (nSPS) is 14.3. The standard InChI is InChI=1S/C27H26FN5O/c1-17(2)25-30-31-32-33(25)24-14-20(19-9-7-18(3)8-10-19)13-21(15-24)26(34)29-27(11-12-27)22-5-4-6-23(28)16-22/h4-10,13-17H,11-12H2,1-3H3,(H,29,34). The Morgan fingerprint density at radius 2 is 1.79 bits per heavy atom. The van der Waals surface area contributed by atoms with Crippen molar-refractivity contribution >= 4 is 5.91 Å². The Kier molecular flexibility index (Phi) is 5.48. The van der Waals surface area contributed by atoms with E-state index in [0.717, 1.165) is 35.1 Å². The molecule has 1 heterocycles. The van der Waals surface area contributed by atoms with Crippen molar-refractivity contribution in [3.05, 3.63) is 95.1 Å². The molecule has 6 nitrogen and oxygen atoms in total. The zero-order valence-corrected chi connectivity index (χ0v) is 19.4. The van der Waals surface area contributed by atoms with E-state index < -0.39 is 5.54 Å². The Labute approximate surface area is 197 Å². The molecule has 1 N–H and O–H groups in total. The van der Waals surface area contributed by atoms with E-state index in [1.165, 1.54) is 12.1 Å². The van der Waals surface area contributed by atoms with E-state index in [1.807, 2.05) is 63.2 Å². The molecule has 5 rings (SSSR count). The SMILES string of the molecule is Cc1ccc(-c2cc(C(=O)NC3(c4cccc(F)c4)CC3)cc(-n3nnnc3C(C)C)c2)cc1. The van der Waals surface area contributed by atoms with E-state index in [-0.39, 0.29) is 17.6 Å². The molecule has 0 spiro atoms. The topological polar surface area (TPSA) is 72.7 Å². The number of nitrogens with zero attached hydrogens (tertiary/aromatic N) is 4. The molecule has 0 unspecified atom stereocenters. The van der Waals surface area contributed by atoms with Crippen LogP contribution in [0.2, 0.25) is 0 Å². The van der Waals surface area contributed by atoms with Gasteiger partial charge >= 0.3 is 0 Å². The predicted octanol–water partition coefficient (Wildman–Crippen LogP) is 5.32. The zero-order chi connectivity index (χ0) is 23.9. The molecule has 0 saturated heterocycles. The van der Waals surface area contributed by atoms with E-state index in [1.54, 1.807) is 16.8 Å². The summed E-state index contributed by atoms with van der Waals surface area (Å²) in [6.45, 7) is 6.08. The Morgan fingerprint density at radius 3 is 2.47 bits per heavy atom. The third-order valence-electron chi connectivity index (χ3n) is 6.30. The summed E-state index contributed by atoms with van der Waals surface area (Å²) < 4.78 is 15.5. The van der Waals surface area contributed by atoms with E-state index >= 15 is 0 Å². The molecule has 0 atom stereocenters. The predicted molar refractivity (Wildman–Crippen MR) is 128 cm³/mol. The summed E-state index contributed by atoms with van der Waals surface area (Å²) in [5, 5.41) is 15.4. The van der Waals surface area contributed by atoms with Crippen LogP contribution in [0.15, 0.2) is 66.7 Å². The fourth-order valence-corrected chi connectivity index (χ4v) is 4.20. The number of tetrazole rings is 1. The maximum atomic E-state index is 13.8. The van der Waals surface area contributed by atoms with Crippen molar-refractivity contribution in [1.29, 1.82) is 0 Å². The highest BCUT2D eigenvalue weighted by molar-refractivity contribution is 5.97. The molecule has 0 aliphatic heterocycles. The van der Waals surface area contributed by atoms with Crippen LogP contribution in [0.1, 0.15) is 59.9 Å². The number of aryl methyl sites for hydroxylation is 1. The molecule has 172 valence electrons. The molecule has 1 amide bonds. The highest BCUT2D eigenvalue weighted by Crippen LogP contribution is 2.46. The van der Waals surface area contributed by atoms with Crippen LogP contribution in [0.25, 0.3) is 16.8 Å². The molecule has 1 aliphatic rings. The van der Waals surface area contributed by atoms with E-state index in [2.05, 4.69) is 20.8 Å². The molecule has 1 aromatic heterocycles. The second-order valence-corrected chi connectivity index (χ2v) is 9.28. The first-order valence-corrected chi connectivity index (χ1v) is 11.4. The average molecular weight is 456 g/mol. The largest absolute Gasteiger partial charge is 0.343 e. The summed E-state index contributed by atoms with van der Waals surface area (Å²) in [5.74, 6) is 0.307. The quantitative estimate of drug-likeness (QED) is 0.427. The third-order valence-corrected chi connectivity index (χ3v) is 6.30. The third kappa shape index (κ3) is 4.21. The highest BCUT2D eigenvalue weighted by Gasteiger charge is 2.46. The van der Waals surface area contributed by atoms with Gasteiger partial charge in [-0.3, -0.25) is 4.79 Å². The van der Waals surface area contributed by atoms with Crippen LogP contribution in [-0.4, -0.2) is 26.1 Å². The molecule has 34 heavy (non-hydrogen) atoms. The van der Waals surface area contributed by atoms with Gasteiger partial charge in [-0.05, 0) is 77.2 Å². The number of carbonyl (C=O) groups is 1. The number of hydrogen-bond acceptors (Lipinski definition) is 4. The first kappa shape index (κ1) is 21.9. The van der Waals surface area contributed by atoms with Crippen LogP contribution in [0, 0.1) is 12.7 Å². The minimum Gasteiger partial charge on any atom is -0.343 e. The fourth-order valence-electron chi connectivity index (χ4n) is 4.20. The molecule has 7 heteroatoms. The maximum absolute atomic E-state index is 13.8. The van der Waals surface area contributed by atoms with Crippen LogP contribution in [-0.2, 0) is 5.54 Å². The summed E-state index contributed by atoms with van der Waals surface area (Å²) in [7, 11) is 0. The van der Waals surface area contributed by atoms with Gasteiger partial charge in [-0.2, -0.15) is 4.68 Å². The monoisotopic (exact) mass is 455 g/mol. The van der Waals surface area contributed by atoms with Gasteiger partial charge in [0.05, 0.1) is 11.2 Å². The van der Waals surface area contributed by atoms with Crippen molar-refractivity contribution in [3.63, 3.8) is 0 Å². The first-order chi connectivity index (χ1) is 16.3. The molecule has 0 radical (unpaired) electrons. The minimum absolute atomic E-state index is 0.109. The van der Waals surface area contributed by atoms with Crippen molar-refractivity contribution in [1.82, 2.24) is 25.5 Å². The van der Waals surface area contributed by atoms with Gasteiger partial charge in [0.2, 0.25) is 0 Å². The number of halogens is 1. The second-order valence-electron chi connectivity index (χ2n) is 9.28. The zero-order valence-electron chi connectivity index (χ0n) is 19.4. The Bertz CT molecular complexity index is 1360. The number of carbonyl (C=O) groups excluding carboxylic acids is 1. The molecule has 1 fully saturated rings. The summed E-state index contributed by atoms with van der Waals surface area (Å²) >= 11 is 0. The van der Waals surface area contributed by atoms with Crippen molar-refractivity contribution in [2.24, 2.45) is 0 Å². The van der Waals surface area contributed by atoms with Gasteiger partial charge in [0, 0.05) is 11.5 Å². The number of aromatic nitrogens is 4. The number of hydrogen-bond donors (Lipinski definition) is 1. The molecule has 1 aliphatic carbocycles. The molecule has 0 bridgehead atoms. The van der Waals surface area contributed by atoms with Crippen LogP contribution >= 0.6 is 0 Å². The highest BCUT2D eigenvalue weighted by atomic mass is 19.1. The lowest BCUT2D eigenvalue weighted by molar-refractivity contribution is 0.0930. The summed E-state index contributed by atoms with van der Waals surface area (Å²) in [4.78, 5) is 13.5. The van der Waals surface area contributed by atoms with Gasteiger partial charge in [-0.15, -0.1) is 5.10 Å². The Balaban J connectivity index is 1.56. The van der Waals surface area contributed by atoms with Crippen LogP contribution in [0.4, 0.5) is 4.39 Å². The van der Waals surface area contributed by atoms with Crippen LogP contribution in [0.5, 0.6) is 0 Å². The maximum Gasteiger partial charge on any atom is 0.252 e. The smallest absolute Gasteiger partial charge is 0.252 e. The summed E-state index contributed by atoms with van der Waals surface area (Å²) in [5.41, 5.74) is 4.52. The van der Waals surface area contributed by atoms with E-state index in [4.69, 9.17) is 0 Å². The van der Waals surface area contributed by atoms with Gasteiger partial charge in [-0.25, -0.2) is 4.39 Å². The van der Waals surface area contributed by atoms with Gasteiger partial charge in [-0.1, -0.05) is 55.8 Å². The number of rotatable bonds is 6. The lowest BCUT2D eigenvalue weighted by Gasteiger charge is -2.19. The molecular weight excluding hydrogens is 429 g/mol. The van der Waals surface area contributed by atoms with E-state index in [0.29, 0.717) is 17.1 Å². The van der Waals surface area contributed by atoms with Crippen molar-refractivity contribution in [2.75, 3.05) is 0 Å². The summed E-state index contributed by atoms with van der Waals surface area (Å²) in [6, 6.07) is 20.3. The number of benzene rings is 3. The first-order valence-electron chi connectivity index (χ1n) is 11.4. The minimum atomic E-state index is -0.531. The van der Waals surface area contributed by atoms with E-state index in [9.17, 15) is 9.18 Å². The van der Waals surface area contributed by atoms with Gasteiger partial charge in [0.15, 0.2) is 5.82 Å². The lowest BCUT2D eigenvalue weighted by atomic mass is 9.99.